The number of fused-ring (bicyclic) bond motifs is 1. The van der Waals surface area contributed by atoms with Gasteiger partial charge in [-0.25, -0.2) is 4.98 Å². The number of hydrogen-bond acceptors (Lipinski definition) is 6. The summed E-state index contributed by atoms with van der Waals surface area (Å²) in [6.45, 7) is 2.37. The Hall–Kier alpha value is -1.73. The predicted molar refractivity (Wildman–Crippen MR) is 92.1 cm³/mol. The van der Waals surface area contributed by atoms with Crippen molar-refractivity contribution in [3.05, 3.63) is 28.9 Å². The van der Waals surface area contributed by atoms with Crippen molar-refractivity contribution in [3.8, 4) is 0 Å². The molecule has 1 saturated heterocycles. The van der Waals surface area contributed by atoms with Crippen LogP contribution in [0, 0.1) is 0 Å². The van der Waals surface area contributed by atoms with Crippen molar-refractivity contribution in [1.82, 2.24) is 24.6 Å². The Labute approximate surface area is 148 Å². The highest BCUT2D eigenvalue weighted by Gasteiger charge is 2.32. The van der Waals surface area contributed by atoms with Crippen molar-refractivity contribution in [2.24, 2.45) is 7.05 Å². The molecule has 0 bridgehead atoms. The number of ether oxygens (including phenoxy) is 1. The van der Waals surface area contributed by atoms with E-state index in [1.165, 1.54) is 36.5 Å². The molecule has 7 heteroatoms. The fraction of sp³-hybridized carbons (Fsp3) is 0.722. The molecular weight excluding hydrogens is 318 g/mol. The Morgan fingerprint density at radius 1 is 1.20 bits per heavy atom. The second-order valence-corrected chi connectivity index (χ2v) is 7.11. The maximum atomic E-state index is 5.43. The summed E-state index contributed by atoms with van der Waals surface area (Å²) >= 11 is 0. The molecule has 2 aliphatic rings. The second-order valence-electron chi connectivity index (χ2n) is 7.11. The van der Waals surface area contributed by atoms with Crippen LogP contribution in [0.25, 0.3) is 0 Å². The maximum absolute atomic E-state index is 5.43. The zero-order valence-electron chi connectivity index (χ0n) is 15.2. The van der Waals surface area contributed by atoms with E-state index in [-0.39, 0.29) is 0 Å². The number of rotatable bonds is 6. The van der Waals surface area contributed by atoms with Crippen LogP contribution >= 0.6 is 0 Å². The van der Waals surface area contributed by atoms with Crippen LogP contribution in [-0.4, -0.2) is 44.9 Å². The van der Waals surface area contributed by atoms with E-state index in [0.29, 0.717) is 31.5 Å². The lowest BCUT2D eigenvalue weighted by Crippen LogP contribution is -2.25. The maximum Gasteiger partial charge on any atom is 0.240 e. The van der Waals surface area contributed by atoms with Gasteiger partial charge in [0.05, 0.1) is 24.9 Å². The number of aryl methyl sites for hydroxylation is 1. The molecule has 0 unspecified atom stereocenters. The molecule has 0 spiro atoms. The lowest BCUT2D eigenvalue weighted by molar-refractivity contribution is 0.198. The molecule has 4 rings (SSSR count). The summed E-state index contributed by atoms with van der Waals surface area (Å²) in [4.78, 5) is 11.9. The van der Waals surface area contributed by atoms with Crippen LogP contribution in [0.15, 0.2) is 4.52 Å². The van der Waals surface area contributed by atoms with Gasteiger partial charge in [-0.3, -0.25) is 4.90 Å². The van der Waals surface area contributed by atoms with Crippen molar-refractivity contribution in [2.45, 2.75) is 57.5 Å². The van der Waals surface area contributed by atoms with Gasteiger partial charge in [-0.1, -0.05) is 5.16 Å². The molecule has 0 aromatic carbocycles. The molecule has 0 radical (unpaired) electrons. The molecule has 1 aliphatic carbocycles. The second kappa shape index (κ2) is 7.25. The minimum absolute atomic E-state index is 0.352. The predicted octanol–water partition coefficient (Wildman–Crippen LogP) is 2.21. The molecule has 25 heavy (non-hydrogen) atoms. The first-order valence-corrected chi connectivity index (χ1v) is 9.35. The molecule has 136 valence electrons. The van der Waals surface area contributed by atoms with E-state index >= 15 is 0 Å². The summed E-state index contributed by atoms with van der Waals surface area (Å²) in [5.41, 5.74) is 2.75. The van der Waals surface area contributed by atoms with E-state index in [2.05, 4.69) is 26.7 Å². The molecule has 1 atom stereocenters. The first-order valence-electron chi connectivity index (χ1n) is 9.35. The topological polar surface area (TPSA) is 69.2 Å². The third-order valence-electron chi connectivity index (χ3n) is 5.45. The summed E-state index contributed by atoms with van der Waals surface area (Å²) in [5.74, 6) is 2.63. The van der Waals surface area contributed by atoms with Crippen LogP contribution in [0.5, 0.6) is 0 Å². The normalized spacial score (nSPS) is 21.0. The summed E-state index contributed by atoms with van der Waals surface area (Å²) in [6, 6.07) is 0.352. The van der Waals surface area contributed by atoms with Crippen LogP contribution in [0.2, 0.25) is 0 Å². The SMILES string of the molecule is COCCc1noc(CN2CCC[C@H]2c2nc3c(n2C)CCCC3)n1. The number of aromatic nitrogens is 4. The summed E-state index contributed by atoms with van der Waals surface area (Å²) in [5, 5.41) is 4.05. The third-order valence-corrected chi connectivity index (χ3v) is 5.45. The molecule has 0 saturated carbocycles. The van der Waals surface area contributed by atoms with Crippen molar-refractivity contribution >= 4 is 0 Å². The fourth-order valence-electron chi connectivity index (χ4n) is 4.14. The molecule has 0 N–H and O–H groups in total. The average molecular weight is 345 g/mol. The number of hydrogen-bond donors (Lipinski definition) is 0. The summed E-state index contributed by atoms with van der Waals surface area (Å²) in [7, 11) is 3.86. The van der Waals surface area contributed by atoms with Gasteiger partial charge in [0.2, 0.25) is 5.89 Å². The molecule has 0 amide bonds. The fourth-order valence-corrected chi connectivity index (χ4v) is 4.14. The minimum atomic E-state index is 0.352. The smallest absolute Gasteiger partial charge is 0.240 e. The van der Waals surface area contributed by atoms with Crippen molar-refractivity contribution < 1.29 is 9.26 Å². The highest BCUT2D eigenvalue weighted by atomic mass is 16.5. The molecular formula is C18H27N5O2. The van der Waals surface area contributed by atoms with E-state index in [0.717, 1.165) is 31.6 Å². The highest BCUT2D eigenvalue weighted by molar-refractivity contribution is 5.22. The zero-order valence-corrected chi connectivity index (χ0v) is 15.2. The largest absolute Gasteiger partial charge is 0.384 e. The third kappa shape index (κ3) is 3.35. The molecule has 2 aromatic heterocycles. The van der Waals surface area contributed by atoms with Gasteiger partial charge in [-0.15, -0.1) is 0 Å². The van der Waals surface area contributed by atoms with E-state index < -0.39 is 0 Å². The first kappa shape index (κ1) is 16.7. The molecule has 2 aromatic rings. The lowest BCUT2D eigenvalue weighted by atomic mass is 10.0. The van der Waals surface area contributed by atoms with Crippen LogP contribution in [0.3, 0.4) is 0 Å². The van der Waals surface area contributed by atoms with Crippen LogP contribution in [-0.2, 0) is 37.6 Å². The van der Waals surface area contributed by atoms with Gasteiger partial charge in [0.1, 0.15) is 5.82 Å². The van der Waals surface area contributed by atoms with Gasteiger partial charge < -0.3 is 13.8 Å². The molecule has 7 nitrogen and oxygen atoms in total. The zero-order chi connectivity index (χ0) is 17.2. The Morgan fingerprint density at radius 3 is 2.92 bits per heavy atom. The lowest BCUT2D eigenvalue weighted by Gasteiger charge is -2.22. The quantitative estimate of drug-likeness (QED) is 0.799. The van der Waals surface area contributed by atoms with Gasteiger partial charge in [0.15, 0.2) is 5.82 Å². The van der Waals surface area contributed by atoms with Gasteiger partial charge >= 0.3 is 0 Å². The number of nitrogens with zero attached hydrogens (tertiary/aromatic N) is 5. The van der Waals surface area contributed by atoms with E-state index in [1.54, 1.807) is 7.11 Å². The molecule has 1 fully saturated rings. The Morgan fingerprint density at radius 2 is 2.08 bits per heavy atom. The number of imidazole rings is 1. The van der Waals surface area contributed by atoms with Crippen LogP contribution in [0.1, 0.15) is 60.7 Å². The van der Waals surface area contributed by atoms with Crippen LogP contribution in [0.4, 0.5) is 0 Å². The monoisotopic (exact) mass is 345 g/mol. The molecule has 1 aliphatic heterocycles. The van der Waals surface area contributed by atoms with Crippen molar-refractivity contribution in [2.75, 3.05) is 20.3 Å². The minimum Gasteiger partial charge on any atom is -0.384 e. The van der Waals surface area contributed by atoms with Gasteiger partial charge in [-0.2, -0.15) is 4.98 Å². The number of likely N-dealkylation sites (tertiary alicyclic amines) is 1. The highest BCUT2D eigenvalue weighted by Crippen LogP contribution is 2.34. The van der Waals surface area contributed by atoms with Gasteiger partial charge in [-0.05, 0) is 45.1 Å². The molecule has 3 heterocycles. The van der Waals surface area contributed by atoms with Crippen molar-refractivity contribution in [3.63, 3.8) is 0 Å². The summed E-state index contributed by atoms with van der Waals surface area (Å²) < 4.78 is 12.8. The van der Waals surface area contributed by atoms with E-state index in [4.69, 9.17) is 14.2 Å². The Bertz CT molecular complexity index is 723. The summed E-state index contributed by atoms with van der Waals surface area (Å²) in [6.07, 6.45) is 7.87. The number of methoxy groups -OCH3 is 1. The Kier molecular flexibility index (Phi) is 4.85. The van der Waals surface area contributed by atoms with Crippen molar-refractivity contribution in [1.29, 1.82) is 0 Å². The standard InChI is InChI=1S/C18H27N5O2/c1-22-14-7-4-3-6-13(14)19-18(22)15-8-5-10-23(15)12-17-20-16(21-25-17)9-11-24-2/h15H,3-12H2,1-2H3/t15-/m0/s1. The van der Waals surface area contributed by atoms with Gasteiger partial charge in [0.25, 0.3) is 0 Å². The van der Waals surface area contributed by atoms with E-state index in [9.17, 15) is 0 Å². The van der Waals surface area contributed by atoms with Crippen LogP contribution < -0.4 is 0 Å². The van der Waals surface area contributed by atoms with E-state index in [1.807, 2.05) is 0 Å². The average Bonchev–Trinajstić information content (AvgIpc) is 3.34. The Balaban J connectivity index is 1.49. The van der Waals surface area contributed by atoms with Gasteiger partial charge in [0, 0.05) is 26.3 Å². The first-order chi connectivity index (χ1) is 12.3.